The number of sulfonamides is 1. The molecule has 55 heavy (non-hydrogen) atoms. The van der Waals surface area contributed by atoms with Crippen LogP contribution in [0.3, 0.4) is 0 Å². The molecule has 1 saturated carbocycles. The van der Waals surface area contributed by atoms with E-state index in [0.29, 0.717) is 35.8 Å². The molecular formula is C42H59ClN4O7S. The van der Waals surface area contributed by atoms with Gasteiger partial charge < -0.3 is 23.8 Å². The van der Waals surface area contributed by atoms with Crippen molar-refractivity contribution in [2.75, 3.05) is 84.8 Å². The summed E-state index contributed by atoms with van der Waals surface area (Å²) in [6.07, 6.45) is 10.1. The topological polar surface area (TPSA) is 110 Å². The summed E-state index contributed by atoms with van der Waals surface area (Å²) in [6, 6.07) is 11.7. The molecule has 6 atom stereocenters. The number of hydrogen-bond acceptors (Lipinski definition) is 10. The first-order valence-electron chi connectivity index (χ1n) is 20.2. The smallest absolute Gasteiger partial charge is 0.264 e. The number of benzene rings is 2. The van der Waals surface area contributed by atoms with Gasteiger partial charge in [-0.1, -0.05) is 36.7 Å². The molecule has 0 radical (unpaired) electrons. The van der Waals surface area contributed by atoms with Crippen LogP contribution in [0.15, 0.2) is 48.6 Å². The Bertz CT molecular complexity index is 1790. The van der Waals surface area contributed by atoms with Gasteiger partial charge in [-0.2, -0.15) is 0 Å². The minimum Gasteiger partial charge on any atom is -0.487 e. The lowest BCUT2D eigenvalue weighted by atomic mass is 9.63. The molecule has 4 heterocycles. The van der Waals surface area contributed by atoms with Crippen molar-refractivity contribution in [2.45, 2.75) is 75.4 Å². The molecular weight excluding hydrogens is 740 g/mol. The maximum absolute atomic E-state index is 14.0. The molecule has 7 rings (SSSR count). The molecule has 2 bridgehead atoms. The van der Waals surface area contributed by atoms with Crippen molar-refractivity contribution in [1.29, 1.82) is 0 Å². The van der Waals surface area contributed by atoms with Crippen LogP contribution in [0.2, 0.25) is 5.02 Å². The number of fused-ring (bicyclic) bond motifs is 4. The Morgan fingerprint density at radius 3 is 2.69 bits per heavy atom. The van der Waals surface area contributed by atoms with Gasteiger partial charge in [0.05, 0.1) is 24.2 Å². The number of nitrogens with one attached hydrogen (secondary N) is 1. The molecule has 2 aromatic carbocycles. The molecule has 2 saturated heterocycles. The maximum Gasteiger partial charge on any atom is 0.264 e. The van der Waals surface area contributed by atoms with Crippen LogP contribution >= 0.6 is 11.6 Å². The Hall–Kier alpha value is -2.71. The highest BCUT2D eigenvalue weighted by Gasteiger charge is 2.49. The van der Waals surface area contributed by atoms with Crippen molar-refractivity contribution in [3.63, 3.8) is 0 Å². The number of anilines is 1. The van der Waals surface area contributed by atoms with Crippen LogP contribution in [0.4, 0.5) is 5.69 Å². The monoisotopic (exact) mass is 798 g/mol. The van der Waals surface area contributed by atoms with Gasteiger partial charge >= 0.3 is 0 Å². The number of allylic oxidation sites excluding steroid dienone is 1. The Morgan fingerprint density at radius 2 is 1.89 bits per heavy atom. The average Bonchev–Trinajstić information content (AvgIpc) is 3.19. The Kier molecular flexibility index (Phi) is 13.1. The Morgan fingerprint density at radius 1 is 1.02 bits per heavy atom. The lowest BCUT2D eigenvalue weighted by Crippen LogP contribution is -2.62. The van der Waals surface area contributed by atoms with E-state index in [1.807, 2.05) is 44.4 Å². The largest absolute Gasteiger partial charge is 0.487 e. The number of aryl methyl sites for hydroxylation is 1. The van der Waals surface area contributed by atoms with E-state index >= 15 is 0 Å². The zero-order valence-corrected chi connectivity index (χ0v) is 34.3. The zero-order valence-electron chi connectivity index (χ0n) is 32.7. The van der Waals surface area contributed by atoms with E-state index in [0.717, 1.165) is 102 Å². The lowest BCUT2D eigenvalue weighted by Gasteiger charge is -2.53. The SMILES string of the molecule is COCC[C@@H]1[C@@H](C)C/C=C/[C@@](CN2CCN3CCOC[C@@H]3C2)(OC)[C@@H]2CC[C@H]2CN2CCCCc3cc(Cl)ccc3COc3ccc(cc32)C(=O)NS1(=O)=O. The molecule has 13 heteroatoms. The summed E-state index contributed by atoms with van der Waals surface area (Å²) >= 11 is 6.42. The second-order valence-corrected chi connectivity index (χ2v) is 18.6. The number of methoxy groups -OCH3 is 2. The number of morpholine rings is 1. The minimum atomic E-state index is -4.07. The number of hydrogen-bond donors (Lipinski definition) is 1. The van der Waals surface area contributed by atoms with E-state index in [4.69, 9.17) is 30.5 Å². The molecule has 11 nitrogen and oxygen atoms in total. The second-order valence-electron chi connectivity index (χ2n) is 16.3. The molecule has 0 unspecified atom stereocenters. The third kappa shape index (κ3) is 9.21. The van der Waals surface area contributed by atoms with Crippen LogP contribution in [0, 0.1) is 17.8 Å². The summed E-state index contributed by atoms with van der Waals surface area (Å²) in [5, 5.41) is -0.125. The second kappa shape index (κ2) is 17.8. The predicted molar refractivity (Wildman–Crippen MR) is 216 cm³/mol. The third-order valence-corrected chi connectivity index (χ3v) is 15.1. The highest BCUT2D eigenvalue weighted by Crippen LogP contribution is 2.47. The van der Waals surface area contributed by atoms with E-state index in [1.165, 1.54) is 5.56 Å². The third-order valence-electron chi connectivity index (χ3n) is 12.9. The van der Waals surface area contributed by atoms with E-state index in [2.05, 4.69) is 31.6 Å². The summed E-state index contributed by atoms with van der Waals surface area (Å²) in [4.78, 5) is 21.3. The molecule has 302 valence electrons. The van der Waals surface area contributed by atoms with Crippen LogP contribution < -0.4 is 14.4 Å². The number of rotatable bonds is 6. The van der Waals surface area contributed by atoms with Crippen LogP contribution in [0.25, 0.3) is 0 Å². The number of ether oxygens (including phenoxy) is 4. The fourth-order valence-electron chi connectivity index (χ4n) is 9.55. The standard InChI is InChI=1S/C42H59ClN4O7S/c1-30-7-6-16-42(52-3,29-45-18-19-46-20-22-53-28-36(46)26-45)37-13-10-33(37)25-47-17-5-4-8-31-23-35(43)12-9-34(31)27-54-39-14-11-32(24-38(39)47)41(48)44-55(49,50)40(30)15-21-51-2/h6,9,11-12,14,16,23-24,30,33,36-37,40H,4-5,7-8,10,13,15,17-22,25-29H2,1-3H3,(H,44,48)/b16-6+/t30-,33-,36-,37+,40+,42-/m0/s1. The van der Waals surface area contributed by atoms with Gasteiger partial charge in [0.25, 0.3) is 5.91 Å². The quantitative estimate of drug-likeness (QED) is 0.374. The van der Waals surface area contributed by atoms with Gasteiger partial charge in [0.1, 0.15) is 18.0 Å². The van der Waals surface area contributed by atoms with Gasteiger partial charge in [-0.15, -0.1) is 0 Å². The van der Waals surface area contributed by atoms with Crippen LogP contribution in [-0.4, -0.2) is 121 Å². The molecule has 1 amide bonds. The van der Waals surface area contributed by atoms with Crippen LogP contribution in [0.5, 0.6) is 5.75 Å². The van der Waals surface area contributed by atoms with Crippen molar-refractivity contribution < 1.29 is 32.2 Å². The van der Waals surface area contributed by atoms with Crippen molar-refractivity contribution in [2.24, 2.45) is 17.8 Å². The first-order valence-corrected chi connectivity index (χ1v) is 22.1. The molecule has 3 fully saturated rings. The molecule has 2 aromatic rings. The van der Waals surface area contributed by atoms with E-state index in [1.54, 1.807) is 13.2 Å². The summed E-state index contributed by atoms with van der Waals surface area (Å²) in [5.41, 5.74) is 2.78. The number of carbonyl (C=O) groups excluding carboxylic acids is 1. The average molecular weight is 799 g/mol. The van der Waals surface area contributed by atoms with Crippen molar-refractivity contribution in [3.05, 3.63) is 70.3 Å². The van der Waals surface area contributed by atoms with Gasteiger partial charge in [0.2, 0.25) is 10.0 Å². The van der Waals surface area contributed by atoms with E-state index < -0.39 is 26.8 Å². The minimum absolute atomic E-state index is 0.242. The van der Waals surface area contributed by atoms with Crippen LogP contribution in [0.1, 0.15) is 66.9 Å². The number of carbonyl (C=O) groups is 1. The van der Waals surface area contributed by atoms with Crippen molar-refractivity contribution in [1.82, 2.24) is 14.5 Å². The highest BCUT2D eigenvalue weighted by atomic mass is 35.5. The Balaban J connectivity index is 1.27. The molecule has 0 spiro atoms. The summed E-state index contributed by atoms with van der Waals surface area (Å²) in [6.45, 7) is 10.3. The Labute approximate surface area is 332 Å². The fourth-order valence-corrected chi connectivity index (χ4v) is 11.4. The normalized spacial score (nSPS) is 31.3. The van der Waals surface area contributed by atoms with Gasteiger partial charge in [-0.3, -0.25) is 14.6 Å². The van der Waals surface area contributed by atoms with Gasteiger partial charge in [-0.25, -0.2) is 13.1 Å². The predicted octanol–water partition coefficient (Wildman–Crippen LogP) is 5.55. The van der Waals surface area contributed by atoms with Crippen molar-refractivity contribution >= 4 is 33.2 Å². The van der Waals surface area contributed by atoms with Crippen molar-refractivity contribution in [3.8, 4) is 5.75 Å². The zero-order chi connectivity index (χ0) is 38.6. The first kappa shape index (κ1) is 40.5. The maximum atomic E-state index is 14.0. The molecule has 1 N–H and O–H groups in total. The first-order chi connectivity index (χ1) is 26.6. The van der Waals surface area contributed by atoms with Gasteiger partial charge in [0, 0.05) is 83.3 Å². The molecule has 0 aromatic heterocycles. The van der Waals surface area contributed by atoms with Gasteiger partial charge in [0.15, 0.2) is 0 Å². The number of halogens is 1. The van der Waals surface area contributed by atoms with E-state index in [9.17, 15) is 13.2 Å². The van der Waals surface area contributed by atoms with Crippen LogP contribution in [-0.2, 0) is 37.3 Å². The van der Waals surface area contributed by atoms with Gasteiger partial charge in [-0.05, 0) is 104 Å². The molecule has 5 aliphatic rings. The highest BCUT2D eigenvalue weighted by molar-refractivity contribution is 7.90. The van der Waals surface area contributed by atoms with E-state index in [-0.39, 0.29) is 30.4 Å². The summed E-state index contributed by atoms with van der Waals surface area (Å²) < 4.78 is 55.1. The fraction of sp³-hybridized carbons (Fsp3) is 0.643. The number of nitrogens with zero attached hydrogens (tertiary/aromatic N) is 3. The summed E-state index contributed by atoms with van der Waals surface area (Å²) in [7, 11) is -0.662. The number of amides is 1. The summed E-state index contributed by atoms with van der Waals surface area (Å²) in [5.74, 6) is 0.309. The molecule has 1 aliphatic carbocycles. The molecule has 4 aliphatic heterocycles. The lowest BCUT2D eigenvalue weighted by molar-refractivity contribution is -0.108. The number of piperazine rings is 1.